The smallest absolute Gasteiger partial charge is 0.236 e. The topological polar surface area (TPSA) is 89.4 Å². The van der Waals surface area contributed by atoms with E-state index in [0.717, 1.165) is 0 Å². The van der Waals surface area contributed by atoms with Crippen LogP contribution < -0.4 is 35.2 Å². The van der Waals surface area contributed by atoms with Gasteiger partial charge in [0.25, 0.3) is 0 Å². The Morgan fingerprint density at radius 2 is 0.717 bits per heavy atom. The Hall–Kier alpha value is -1.64. The molecular weight excluding hydrogens is 1020 g/mol. The van der Waals surface area contributed by atoms with Crippen LogP contribution >= 0.6 is 14.5 Å². The summed E-state index contributed by atoms with van der Waals surface area (Å²) in [6, 6.07) is 44.1. The number of hydrogen-bond donors (Lipinski definition) is 1. The molecule has 1 N–H and O–H groups in total. The van der Waals surface area contributed by atoms with Gasteiger partial charge in [0, 0.05) is 61.1 Å². The molecule has 0 bridgehead atoms. The maximum atomic E-state index is 11.9. The first-order valence-electron chi connectivity index (χ1n) is 12.7. The van der Waals surface area contributed by atoms with Crippen LogP contribution in [0.25, 0.3) is 0 Å². The molecule has 0 amide bonds. The monoisotopic (exact) mass is 1050 g/mol. The van der Waals surface area contributed by atoms with Gasteiger partial charge in [-0.25, -0.2) is 13.2 Å². The molecule has 1 radical (unpaired) electrons. The molecule has 0 aliphatic carbocycles. The summed E-state index contributed by atoms with van der Waals surface area (Å²) < 4.78 is 68.4. The van der Waals surface area contributed by atoms with Gasteiger partial charge in [0.1, 0.15) is 0 Å². The van der Waals surface area contributed by atoms with Gasteiger partial charge in [0.15, 0.2) is 0 Å². The van der Waals surface area contributed by atoms with Crippen molar-refractivity contribution in [2.75, 3.05) is 0 Å². The third-order valence-electron chi connectivity index (χ3n) is 5.77. The molecule has 0 spiro atoms. The molecule has 5 rings (SSSR count). The second-order valence-corrected chi connectivity index (χ2v) is 15.9. The Morgan fingerprint density at radius 3 is 0.891 bits per heavy atom. The van der Waals surface area contributed by atoms with E-state index in [9.17, 15) is 13.2 Å². The maximum Gasteiger partial charge on any atom is 1.00 e. The first-order chi connectivity index (χ1) is 20.6. The Kier molecular flexibility index (Phi) is 20.6. The van der Waals surface area contributed by atoms with Gasteiger partial charge in [-0.15, -0.1) is 18.2 Å². The van der Waals surface area contributed by atoms with Crippen molar-refractivity contribution < 1.29 is 86.8 Å². The maximum absolute atomic E-state index is 11.9. The summed E-state index contributed by atoms with van der Waals surface area (Å²) in [5, 5.41) is 4.99. The zero-order valence-electron chi connectivity index (χ0n) is 24.2. The summed E-state index contributed by atoms with van der Waals surface area (Å²) in [5.41, 5.74) is 0. The predicted molar refractivity (Wildman–Crippen MR) is 167 cm³/mol. The summed E-state index contributed by atoms with van der Waals surface area (Å²) in [5.74, 6) is -2.97. The van der Waals surface area contributed by atoms with E-state index in [0.29, 0.717) is 12.1 Å². The van der Waals surface area contributed by atoms with Gasteiger partial charge in [-0.3, -0.25) is 0 Å². The molecule has 0 saturated heterocycles. The van der Waals surface area contributed by atoms with Gasteiger partial charge in [-0.1, -0.05) is 72.8 Å². The van der Waals surface area contributed by atoms with Crippen LogP contribution in [0.5, 0.6) is 0 Å². The molecule has 0 aromatic heterocycles. The molecule has 253 valence electrons. The van der Waals surface area contributed by atoms with E-state index in [1.165, 1.54) is 21.2 Å². The first-order valence-corrected chi connectivity index (χ1v) is 18.2. The minimum absolute atomic E-state index is 0. The van der Waals surface area contributed by atoms with Crippen molar-refractivity contribution >= 4 is 35.7 Å². The minimum atomic E-state index is -4.69. The van der Waals surface area contributed by atoms with E-state index >= 15 is 0 Å². The molecule has 5 aromatic carbocycles. The van der Waals surface area contributed by atoms with Gasteiger partial charge in [-0.05, 0) is 48.5 Å². The van der Waals surface area contributed by atoms with Crippen molar-refractivity contribution in [1.82, 2.24) is 0 Å². The van der Waals surface area contributed by atoms with Crippen molar-refractivity contribution in [3.05, 3.63) is 184 Å². The Morgan fingerprint density at radius 1 is 0.522 bits per heavy atom. The van der Waals surface area contributed by atoms with Crippen molar-refractivity contribution in [3.63, 3.8) is 0 Å². The molecule has 46 heavy (non-hydrogen) atoms. The van der Waals surface area contributed by atoms with E-state index in [4.69, 9.17) is 18.6 Å². The van der Waals surface area contributed by atoms with Crippen molar-refractivity contribution in [1.29, 1.82) is 0 Å². The van der Waals surface area contributed by atoms with Crippen LogP contribution in [0.2, 0.25) is 0 Å². The molecule has 0 atom stereocenters. The van der Waals surface area contributed by atoms with E-state index in [1.54, 1.807) is 6.07 Å². The van der Waals surface area contributed by atoms with E-state index in [-0.39, 0.29) is 44.8 Å². The fourth-order valence-corrected chi connectivity index (χ4v) is 7.19. The van der Waals surface area contributed by atoms with E-state index in [2.05, 4.69) is 75.2 Å². The molecular formula is C34H31Au2ClF3O4P2-2. The summed E-state index contributed by atoms with van der Waals surface area (Å²) >= 11 is 0. The molecule has 0 heterocycles. The van der Waals surface area contributed by atoms with Crippen LogP contribution in [0.15, 0.2) is 133 Å². The van der Waals surface area contributed by atoms with Crippen LogP contribution in [0.1, 0.15) is 0 Å². The van der Waals surface area contributed by atoms with Crippen molar-refractivity contribution in [3.8, 4) is 0 Å². The molecule has 0 fully saturated rings. The third-order valence-corrected chi connectivity index (χ3v) is 10.9. The van der Waals surface area contributed by atoms with Crippen LogP contribution in [-0.2, 0) is 44.8 Å². The molecule has 0 unspecified atom stereocenters. The zero-order valence-corrected chi connectivity index (χ0v) is 31.1. The zero-order chi connectivity index (χ0) is 32.8. The number of halogens is 4. The number of rotatable bonds is 4. The number of benzene rings is 5. The van der Waals surface area contributed by atoms with Crippen LogP contribution in [0.3, 0.4) is 0 Å². The van der Waals surface area contributed by atoms with Gasteiger partial charge in [-0.2, -0.15) is 55.2 Å². The quantitative estimate of drug-likeness (QED) is 0.166. The average molecular weight is 1050 g/mol. The molecule has 0 aliphatic heterocycles. The second kappa shape index (κ2) is 21.4. The van der Waals surface area contributed by atoms with Gasteiger partial charge >= 0.3 is 22.4 Å². The Bertz CT molecular complexity index is 1310. The van der Waals surface area contributed by atoms with Crippen LogP contribution in [0, 0.1) is 60.4 Å². The minimum Gasteiger partial charge on any atom is -0.236 e. The first kappa shape index (κ1) is 44.4. The second-order valence-electron chi connectivity index (χ2n) is 9.17. The van der Waals surface area contributed by atoms with Gasteiger partial charge in [0.05, 0.1) is 14.9 Å². The molecule has 12 heteroatoms. The standard InChI is InChI=1S/2C14H14P.C6H2F3.2Au.ClHO4/c2*1-15(2,13-9-5-3-6-10-13)14-11-7-4-8-12-14;7-4-1-5(8)3-6(9)2-4;;;2-1(3,4)5/h2*3-12H,1-2H2;1-2H;;;(H,2,3,4,5)/q3*-1;;+1;. The largest absolute Gasteiger partial charge is 1.00 e. The summed E-state index contributed by atoms with van der Waals surface area (Å²) in [6.07, 6.45) is 0. The predicted octanol–water partition coefficient (Wildman–Crippen LogP) is 4.25. The molecule has 0 aliphatic rings. The van der Waals surface area contributed by atoms with E-state index < -0.39 is 42.2 Å². The SMILES string of the molecule is Fc1[c-]c(F)cc(F)c1.[Au+].[Au].[CH2-][P+]([CH2-])(c1ccccc1)c1ccccc1.[CH2-][P+]([CH2-])(c1ccccc1)c1ccccc1.[O-][Cl+3]([O-])([O-])O. The van der Waals surface area contributed by atoms with Gasteiger partial charge in [0.2, 0.25) is 0 Å². The van der Waals surface area contributed by atoms with Crippen molar-refractivity contribution in [2.24, 2.45) is 0 Å². The van der Waals surface area contributed by atoms with Crippen molar-refractivity contribution in [2.45, 2.75) is 0 Å². The third kappa shape index (κ3) is 16.5. The summed E-state index contributed by atoms with van der Waals surface area (Å²) in [6.45, 7) is 17.2. The molecule has 4 nitrogen and oxygen atoms in total. The average Bonchev–Trinajstić information content (AvgIpc) is 2.98. The Labute approximate surface area is 304 Å². The van der Waals surface area contributed by atoms with Crippen LogP contribution in [0.4, 0.5) is 13.2 Å². The van der Waals surface area contributed by atoms with E-state index in [1.807, 2.05) is 72.8 Å². The van der Waals surface area contributed by atoms with Crippen LogP contribution in [-0.4, -0.2) is 4.66 Å². The molecule has 0 saturated carbocycles. The Balaban J connectivity index is 0.000000618. The fourth-order valence-electron chi connectivity index (χ4n) is 3.62. The number of hydrogen-bond acceptors (Lipinski definition) is 4. The summed E-state index contributed by atoms with van der Waals surface area (Å²) in [4.78, 5) is 0. The molecule has 5 aromatic rings. The fraction of sp³-hybridized carbons (Fsp3) is 0. The summed E-state index contributed by atoms with van der Waals surface area (Å²) in [7, 11) is -7.99. The van der Waals surface area contributed by atoms with Gasteiger partial charge < -0.3 is 0 Å². The normalized spacial score (nSPS) is 10.6.